The van der Waals surface area contributed by atoms with Gasteiger partial charge in [-0.1, -0.05) is 105 Å². The first kappa shape index (κ1) is 20.1. The van der Waals surface area contributed by atoms with E-state index >= 15 is 0 Å². The molecule has 2 N–H and O–H groups in total. The van der Waals surface area contributed by atoms with Crippen LogP contribution in [0.15, 0.2) is 60.7 Å². The van der Waals surface area contributed by atoms with Crippen molar-refractivity contribution in [2.75, 3.05) is 11.9 Å². The minimum atomic E-state index is -0.191. The van der Waals surface area contributed by atoms with Gasteiger partial charge < -0.3 is 5.32 Å². The number of unbranched alkanes of at least 4 members (excludes halogenated alkanes) is 4. The van der Waals surface area contributed by atoms with Crippen molar-refractivity contribution in [2.45, 2.75) is 39.0 Å². The predicted molar refractivity (Wildman–Crippen MR) is 119 cm³/mol. The average molecular weight is 394 g/mol. The normalized spacial score (nSPS) is 10.6. The fourth-order valence-electron chi connectivity index (χ4n) is 3.02. The number of nitrogens with one attached hydrogen (secondary N) is 2. The lowest BCUT2D eigenvalue weighted by Gasteiger charge is -2.05. The van der Waals surface area contributed by atoms with Gasteiger partial charge in [0.1, 0.15) is 0 Å². The van der Waals surface area contributed by atoms with Crippen molar-refractivity contribution in [1.29, 1.82) is 0 Å². The number of amides is 2. The Hall–Kier alpha value is -2.66. The highest BCUT2D eigenvalue weighted by atomic mass is 32.1. The van der Waals surface area contributed by atoms with E-state index < -0.39 is 0 Å². The minimum absolute atomic E-state index is 0.191. The lowest BCUT2D eigenvalue weighted by molar-refractivity contribution is 0.252. The van der Waals surface area contributed by atoms with Gasteiger partial charge in [0, 0.05) is 12.1 Å². The summed E-state index contributed by atoms with van der Waals surface area (Å²) in [5.41, 5.74) is 3.04. The molecule has 0 bridgehead atoms. The summed E-state index contributed by atoms with van der Waals surface area (Å²) in [4.78, 5) is 18.0. The third-order valence-electron chi connectivity index (χ3n) is 4.50. The summed E-state index contributed by atoms with van der Waals surface area (Å²) in [7, 11) is 0. The van der Waals surface area contributed by atoms with Crippen molar-refractivity contribution in [1.82, 2.24) is 10.3 Å². The SMILES string of the molecule is CCCCCCCNC(=O)Nc1nc(-c2ccccc2)c(-c2ccccc2)s1. The summed E-state index contributed by atoms with van der Waals surface area (Å²) in [5, 5.41) is 6.45. The van der Waals surface area contributed by atoms with E-state index in [9.17, 15) is 4.79 Å². The lowest BCUT2D eigenvalue weighted by Crippen LogP contribution is -2.29. The molecule has 5 heteroatoms. The van der Waals surface area contributed by atoms with Crippen LogP contribution in [0.5, 0.6) is 0 Å². The van der Waals surface area contributed by atoms with Crippen molar-refractivity contribution in [3.05, 3.63) is 60.7 Å². The van der Waals surface area contributed by atoms with E-state index in [2.05, 4.69) is 29.7 Å². The zero-order chi connectivity index (χ0) is 19.6. The lowest BCUT2D eigenvalue weighted by atomic mass is 10.1. The molecule has 0 radical (unpaired) electrons. The smallest absolute Gasteiger partial charge is 0.321 e. The fraction of sp³-hybridized carbons (Fsp3) is 0.304. The molecule has 146 valence electrons. The minimum Gasteiger partial charge on any atom is -0.338 e. The van der Waals surface area contributed by atoms with Crippen molar-refractivity contribution in [2.24, 2.45) is 0 Å². The van der Waals surface area contributed by atoms with E-state index in [1.165, 1.54) is 30.6 Å². The monoisotopic (exact) mass is 393 g/mol. The molecule has 0 aliphatic rings. The van der Waals surface area contributed by atoms with E-state index in [0.29, 0.717) is 11.7 Å². The van der Waals surface area contributed by atoms with Crippen LogP contribution in [-0.4, -0.2) is 17.6 Å². The molecule has 0 aliphatic carbocycles. The maximum absolute atomic E-state index is 12.2. The number of nitrogens with zero attached hydrogens (tertiary/aromatic N) is 1. The molecule has 1 aromatic heterocycles. The standard InChI is InChI=1S/C23H27N3OS/c1-2-3-4-5-12-17-24-22(27)26-23-25-20(18-13-8-6-9-14-18)21(28-23)19-15-10-7-11-16-19/h6-11,13-16H,2-5,12,17H2,1H3,(H2,24,25,26,27). The van der Waals surface area contributed by atoms with Gasteiger partial charge in [0.05, 0.1) is 10.6 Å². The highest BCUT2D eigenvalue weighted by Crippen LogP contribution is 2.38. The number of carbonyl (C=O) groups is 1. The van der Waals surface area contributed by atoms with Crippen LogP contribution in [0.3, 0.4) is 0 Å². The Labute approximate surface area is 171 Å². The van der Waals surface area contributed by atoms with Gasteiger partial charge >= 0.3 is 6.03 Å². The molecule has 0 unspecified atom stereocenters. The van der Waals surface area contributed by atoms with E-state index in [4.69, 9.17) is 4.98 Å². The second-order valence-electron chi connectivity index (χ2n) is 6.72. The predicted octanol–water partition coefficient (Wildman–Crippen LogP) is 6.57. The van der Waals surface area contributed by atoms with Gasteiger partial charge in [0.15, 0.2) is 5.13 Å². The Balaban J connectivity index is 1.69. The summed E-state index contributed by atoms with van der Waals surface area (Å²) in [6.07, 6.45) is 5.88. The molecule has 28 heavy (non-hydrogen) atoms. The molecule has 0 spiro atoms. The first-order valence-electron chi connectivity index (χ1n) is 9.94. The largest absolute Gasteiger partial charge is 0.338 e. The first-order chi connectivity index (χ1) is 13.8. The third-order valence-corrected chi connectivity index (χ3v) is 5.52. The van der Waals surface area contributed by atoms with Crippen LogP contribution in [0.4, 0.5) is 9.93 Å². The number of thiazole rings is 1. The molecule has 2 amide bonds. The second kappa shape index (κ2) is 10.6. The zero-order valence-electron chi connectivity index (χ0n) is 16.3. The van der Waals surface area contributed by atoms with Gasteiger partial charge in [-0.3, -0.25) is 5.32 Å². The number of rotatable bonds is 9. The van der Waals surface area contributed by atoms with Gasteiger partial charge in [0.25, 0.3) is 0 Å². The van der Waals surface area contributed by atoms with Gasteiger partial charge in [-0.2, -0.15) is 0 Å². The van der Waals surface area contributed by atoms with Crippen LogP contribution in [0.1, 0.15) is 39.0 Å². The summed E-state index contributed by atoms with van der Waals surface area (Å²) in [6, 6.07) is 20.1. The number of hydrogen-bond donors (Lipinski definition) is 2. The number of aromatic nitrogens is 1. The summed E-state index contributed by atoms with van der Waals surface area (Å²) in [6.45, 7) is 2.89. The van der Waals surface area contributed by atoms with Crippen molar-refractivity contribution >= 4 is 22.5 Å². The Morgan fingerprint density at radius 3 is 2.21 bits per heavy atom. The molecule has 4 nitrogen and oxygen atoms in total. The third kappa shape index (κ3) is 5.67. The molecule has 0 fully saturated rings. The van der Waals surface area contributed by atoms with Crippen molar-refractivity contribution in [3.63, 3.8) is 0 Å². The van der Waals surface area contributed by atoms with Gasteiger partial charge in [-0.05, 0) is 12.0 Å². The van der Waals surface area contributed by atoms with Crippen molar-refractivity contribution in [3.8, 4) is 21.7 Å². The maximum Gasteiger partial charge on any atom is 0.321 e. The molecule has 0 saturated carbocycles. The van der Waals surface area contributed by atoms with E-state index in [0.717, 1.165) is 34.5 Å². The van der Waals surface area contributed by atoms with Gasteiger partial charge in [-0.25, -0.2) is 9.78 Å². The highest BCUT2D eigenvalue weighted by Gasteiger charge is 2.16. The van der Waals surface area contributed by atoms with Crippen LogP contribution in [0, 0.1) is 0 Å². The van der Waals surface area contributed by atoms with Crippen molar-refractivity contribution < 1.29 is 4.79 Å². The molecule has 3 rings (SSSR count). The second-order valence-corrected chi connectivity index (χ2v) is 7.72. The number of benzene rings is 2. The molecule has 2 aromatic carbocycles. The molecule has 0 saturated heterocycles. The van der Waals surface area contributed by atoms with Gasteiger partial charge in [0.2, 0.25) is 0 Å². The molecular weight excluding hydrogens is 366 g/mol. The quantitative estimate of drug-likeness (QED) is 0.404. The van der Waals surface area contributed by atoms with E-state index in [-0.39, 0.29) is 6.03 Å². The summed E-state index contributed by atoms with van der Waals surface area (Å²) in [5.74, 6) is 0. The highest BCUT2D eigenvalue weighted by molar-refractivity contribution is 7.19. The Morgan fingerprint density at radius 2 is 1.54 bits per heavy atom. The summed E-state index contributed by atoms with van der Waals surface area (Å²) >= 11 is 1.50. The zero-order valence-corrected chi connectivity index (χ0v) is 17.1. The Bertz CT molecular complexity index is 805. The number of urea groups is 1. The fourth-order valence-corrected chi connectivity index (χ4v) is 4.01. The Kier molecular flexibility index (Phi) is 7.62. The van der Waals surface area contributed by atoms with Crippen LogP contribution >= 0.6 is 11.3 Å². The van der Waals surface area contributed by atoms with E-state index in [1.807, 2.05) is 48.5 Å². The topological polar surface area (TPSA) is 54.0 Å². The molecule has 3 aromatic rings. The molecule has 1 heterocycles. The number of anilines is 1. The maximum atomic E-state index is 12.2. The summed E-state index contributed by atoms with van der Waals surface area (Å²) < 4.78 is 0. The molecular formula is C23H27N3OS. The average Bonchev–Trinajstić information content (AvgIpc) is 3.15. The van der Waals surface area contributed by atoms with Crippen LogP contribution in [0.2, 0.25) is 0 Å². The first-order valence-corrected chi connectivity index (χ1v) is 10.8. The van der Waals surface area contributed by atoms with Crippen LogP contribution < -0.4 is 10.6 Å². The Morgan fingerprint density at radius 1 is 0.893 bits per heavy atom. The van der Waals surface area contributed by atoms with Crippen LogP contribution in [0.25, 0.3) is 21.7 Å². The molecule has 0 aliphatic heterocycles. The number of hydrogen-bond acceptors (Lipinski definition) is 3. The van der Waals surface area contributed by atoms with Gasteiger partial charge in [-0.15, -0.1) is 0 Å². The number of carbonyl (C=O) groups excluding carboxylic acids is 1. The molecule has 0 atom stereocenters. The van der Waals surface area contributed by atoms with E-state index in [1.54, 1.807) is 0 Å². The van der Waals surface area contributed by atoms with Crippen LogP contribution in [-0.2, 0) is 0 Å².